The summed E-state index contributed by atoms with van der Waals surface area (Å²) in [4.78, 5) is 11.6. The maximum atomic E-state index is 6.25. The van der Waals surface area contributed by atoms with E-state index >= 15 is 0 Å². The minimum atomic E-state index is 0.539. The summed E-state index contributed by atoms with van der Waals surface area (Å²) in [5.41, 5.74) is 11.3. The number of likely N-dealkylation sites (N-methyl/N-ethyl adjacent to an activating group) is 1. The molecule has 4 aromatic rings. The Labute approximate surface area is 187 Å². The first-order valence-electron chi connectivity index (χ1n) is 10.3. The fourth-order valence-corrected chi connectivity index (χ4v) is 3.62. The van der Waals surface area contributed by atoms with Crippen LogP contribution >= 0.6 is 11.6 Å². The molecule has 3 aromatic carbocycles. The van der Waals surface area contributed by atoms with Crippen molar-refractivity contribution < 1.29 is 0 Å². The van der Waals surface area contributed by atoms with Crippen LogP contribution in [-0.4, -0.2) is 47.5 Å². The van der Waals surface area contributed by atoms with Crippen molar-refractivity contribution in [1.82, 2.24) is 14.5 Å². The number of fused-ring (bicyclic) bond motifs is 1. The summed E-state index contributed by atoms with van der Waals surface area (Å²) in [7, 11) is 4.05. The van der Waals surface area contributed by atoms with Crippen molar-refractivity contribution in [3.05, 3.63) is 88.9 Å². The van der Waals surface area contributed by atoms with Gasteiger partial charge in [0.25, 0.3) is 0 Å². The summed E-state index contributed by atoms with van der Waals surface area (Å²) in [6, 6.07) is 24.3. The van der Waals surface area contributed by atoms with Gasteiger partial charge in [-0.3, -0.25) is 4.99 Å². The summed E-state index contributed by atoms with van der Waals surface area (Å²) < 4.78 is 2.23. The van der Waals surface area contributed by atoms with Crippen LogP contribution in [0.15, 0.2) is 77.8 Å². The van der Waals surface area contributed by atoms with Gasteiger partial charge in [0.05, 0.1) is 17.6 Å². The van der Waals surface area contributed by atoms with Gasteiger partial charge < -0.3 is 15.2 Å². The van der Waals surface area contributed by atoms with Gasteiger partial charge in [0.2, 0.25) is 0 Å². The maximum absolute atomic E-state index is 6.25. The zero-order valence-electron chi connectivity index (χ0n) is 17.8. The van der Waals surface area contributed by atoms with Crippen molar-refractivity contribution in [2.45, 2.75) is 6.54 Å². The van der Waals surface area contributed by atoms with E-state index in [2.05, 4.69) is 32.7 Å². The van der Waals surface area contributed by atoms with Gasteiger partial charge in [-0.15, -0.1) is 0 Å². The number of aromatic nitrogens is 2. The average molecular weight is 432 g/mol. The first-order chi connectivity index (χ1) is 15.0. The first kappa shape index (κ1) is 21.1. The van der Waals surface area contributed by atoms with E-state index in [9.17, 15) is 0 Å². The number of nitrogens with zero attached hydrogens (tertiary/aromatic N) is 4. The molecule has 0 spiro atoms. The lowest BCUT2D eigenvalue weighted by Crippen LogP contribution is -2.19. The molecule has 1 heterocycles. The van der Waals surface area contributed by atoms with Crippen LogP contribution in [0, 0.1) is 0 Å². The lowest BCUT2D eigenvalue weighted by Gasteiger charge is -2.10. The molecule has 4 rings (SSSR count). The van der Waals surface area contributed by atoms with Crippen LogP contribution < -0.4 is 5.73 Å². The number of benzene rings is 3. The molecule has 0 atom stereocenters. The lowest BCUT2D eigenvalue weighted by molar-refractivity contribution is 0.420. The molecule has 0 unspecified atom stereocenters. The Morgan fingerprint density at radius 1 is 1.03 bits per heavy atom. The molecule has 0 saturated heterocycles. The summed E-state index contributed by atoms with van der Waals surface area (Å²) in [6.45, 7) is 2.22. The van der Waals surface area contributed by atoms with Crippen LogP contribution in [-0.2, 0) is 6.54 Å². The number of halogens is 1. The zero-order valence-corrected chi connectivity index (χ0v) is 18.5. The molecule has 0 aliphatic carbocycles. The van der Waals surface area contributed by atoms with Crippen molar-refractivity contribution in [2.75, 3.05) is 27.2 Å². The molecule has 0 aliphatic heterocycles. The fourth-order valence-electron chi connectivity index (χ4n) is 3.49. The van der Waals surface area contributed by atoms with E-state index in [1.807, 2.05) is 68.7 Å². The summed E-state index contributed by atoms with van der Waals surface area (Å²) in [5, 5.41) is 0.733. The third kappa shape index (κ3) is 4.95. The van der Waals surface area contributed by atoms with Gasteiger partial charge in [-0.25, -0.2) is 4.98 Å². The van der Waals surface area contributed by atoms with Crippen molar-refractivity contribution in [2.24, 2.45) is 10.7 Å². The second-order valence-corrected chi connectivity index (χ2v) is 8.22. The van der Waals surface area contributed by atoms with Gasteiger partial charge >= 0.3 is 0 Å². The highest BCUT2D eigenvalue weighted by Gasteiger charge is 2.14. The number of rotatable bonds is 7. The highest BCUT2D eigenvalue weighted by Crippen LogP contribution is 2.27. The number of amidine groups is 1. The van der Waals surface area contributed by atoms with Crippen molar-refractivity contribution in [3.8, 4) is 11.4 Å². The van der Waals surface area contributed by atoms with E-state index in [-0.39, 0.29) is 0 Å². The van der Waals surface area contributed by atoms with Gasteiger partial charge in [-0.1, -0.05) is 54.1 Å². The number of nitrogens with two attached hydrogens (primary N) is 1. The second-order valence-electron chi connectivity index (χ2n) is 7.79. The fraction of sp³-hybridized carbons (Fsp3) is 0.200. The van der Waals surface area contributed by atoms with Crippen molar-refractivity contribution in [1.29, 1.82) is 0 Å². The summed E-state index contributed by atoms with van der Waals surface area (Å²) in [6.07, 6.45) is 0. The minimum absolute atomic E-state index is 0.539. The van der Waals surface area contributed by atoms with Gasteiger partial charge in [-0.2, -0.15) is 0 Å². The molecule has 1 aromatic heterocycles. The lowest BCUT2D eigenvalue weighted by atomic mass is 10.1. The Hall–Kier alpha value is -3.15. The van der Waals surface area contributed by atoms with Gasteiger partial charge in [-0.05, 0) is 50.0 Å². The van der Waals surface area contributed by atoms with Gasteiger partial charge in [0.15, 0.2) is 0 Å². The quantitative estimate of drug-likeness (QED) is 0.341. The van der Waals surface area contributed by atoms with Crippen LogP contribution in [0.3, 0.4) is 0 Å². The molecule has 158 valence electrons. The molecule has 0 bridgehead atoms. The second kappa shape index (κ2) is 9.33. The molecule has 2 N–H and O–H groups in total. The predicted octanol–water partition coefficient (Wildman–Crippen LogP) is 4.67. The van der Waals surface area contributed by atoms with Crippen LogP contribution in [0.25, 0.3) is 22.4 Å². The summed E-state index contributed by atoms with van der Waals surface area (Å²) in [5.74, 6) is 1.46. The van der Waals surface area contributed by atoms with E-state index in [0.717, 1.165) is 45.1 Å². The normalized spacial score (nSPS) is 12.1. The van der Waals surface area contributed by atoms with Crippen LogP contribution in [0.2, 0.25) is 5.02 Å². The first-order valence-corrected chi connectivity index (χ1v) is 10.6. The van der Waals surface area contributed by atoms with Crippen molar-refractivity contribution in [3.63, 3.8) is 0 Å². The SMILES string of the molecule is CN(C)CCN=C(N)c1ccc2c(c1)nc(-c1ccccc1)n2Cc1ccc(Cl)cc1. The predicted molar refractivity (Wildman–Crippen MR) is 130 cm³/mol. The largest absolute Gasteiger partial charge is 0.384 e. The van der Waals surface area contributed by atoms with E-state index in [1.165, 1.54) is 0 Å². The smallest absolute Gasteiger partial charge is 0.141 e. The topological polar surface area (TPSA) is 59.4 Å². The molecule has 0 amide bonds. The standard InChI is InChI=1S/C25H26ClN5/c1-30(2)15-14-28-24(27)20-10-13-23-22(16-20)29-25(19-6-4-3-5-7-19)31(23)17-18-8-11-21(26)12-9-18/h3-13,16H,14-15,17H2,1-2H3,(H2,27,28). The Morgan fingerprint density at radius 3 is 2.48 bits per heavy atom. The Morgan fingerprint density at radius 2 is 1.77 bits per heavy atom. The van der Waals surface area contributed by atoms with E-state index < -0.39 is 0 Å². The molecule has 31 heavy (non-hydrogen) atoms. The third-order valence-electron chi connectivity index (χ3n) is 5.16. The molecule has 0 aliphatic rings. The number of aliphatic imine (C=N–C) groups is 1. The highest BCUT2D eigenvalue weighted by molar-refractivity contribution is 6.30. The van der Waals surface area contributed by atoms with E-state index in [1.54, 1.807) is 0 Å². The van der Waals surface area contributed by atoms with E-state index in [0.29, 0.717) is 18.9 Å². The molecule has 0 saturated carbocycles. The number of imidazole rings is 1. The monoisotopic (exact) mass is 431 g/mol. The average Bonchev–Trinajstić information content (AvgIpc) is 3.13. The number of hydrogen-bond donors (Lipinski definition) is 1. The molecular formula is C25H26ClN5. The highest BCUT2D eigenvalue weighted by atomic mass is 35.5. The maximum Gasteiger partial charge on any atom is 0.141 e. The molecular weight excluding hydrogens is 406 g/mol. The van der Waals surface area contributed by atoms with Gasteiger partial charge in [0, 0.05) is 29.2 Å². The third-order valence-corrected chi connectivity index (χ3v) is 5.41. The minimum Gasteiger partial charge on any atom is -0.384 e. The zero-order chi connectivity index (χ0) is 21.8. The number of hydrogen-bond acceptors (Lipinski definition) is 3. The Balaban J connectivity index is 1.76. The van der Waals surface area contributed by atoms with Crippen molar-refractivity contribution >= 4 is 28.5 Å². The Kier molecular flexibility index (Phi) is 6.35. The summed E-state index contributed by atoms with van der Waals surface area (Å²) >= 11 is 6.07. The molecule has 0 radical (unpaired) electrons. The Bertz CT molecular complexity index is 1190. The van der Waals surface area contributed by atoms with Crippen LogP contribution in [0.5, 0.6) is 0 Å². The van der Waals surface area contributed by atoms with E-state index in [4.69, 9.17) is 22.3 Å². The molecule has 0 fully saturated rings. The molecule has 5 nitrogen and oxygen atoms in total. The van der Waals surface area contributed by atoms with Crippen LogP contribution in [0.4, 0.5) is 0 Å². The van der Waals surface area contributed by atoms with Crippen LogP contribution in [0.1, 0.15) is 11.1 Å². The van der Waals surface area contributed by atoms with Gasteiger partial charge in [0.1, 0.15) is 11.7 Å². The molecule has 6 heteroatoms.